The van der Waals surface area contributed by atoms with Crippen LogP contribution in [-0.4, -0.2) is 0 Å². The average Bonchev–Trinajstić information content (AvgIpc) is 2.99. The number of unbranched alkanes of at least 4 members (excludes halogenated alkanes) is 2. The lowest BCUT2D eigenvalue weighted by molar-refractivity contribution is 0.394. The summed E-state index contributed by atoms with van der Waals surface area (Å²) in [5, 5.41) is 0.599. The van der Waals surface area contributed by atoms with Gasteiger partial charge >= 0.3 is 7.60 Å². The van der Waals surface area contributed by atoms with Crippen LogP contribution in [0.4, 0.5) is 0 Å². The standard InChI is InChI=1S/C38H55O3P/c1-7-13-22-30-26-32(18-9-3)35(20-11-5)37(28-30)40-42(39,34-24-16-15-17-25-34)41-38-29-31(23-14-8-2)27-33(19-10-4)36(38)21-12-6/h15-17,24-29H,7-14,18-23H2,1-6H3. The SMILES string of the molecule is CCCCc1cc(CCC)c(CCC)c(OP(=O)(Oc2cc(CCCC)cc(CCC)c2CCC)c2ccccc2)c1. The van der Waals surface area contributed by atoms with Gasteiger partial charge in [0.2, 0.25) is 0 Å². The van der Waals surface area contributed by atoms with E-state index in [9.17, 15) is 0 Å². The van der Waals surface area contributed by atoms with Crippen molar-refractivity contribution in [2.45, 2.75) is 131 Å². The maximum Gasteiger partial charge on any atom is 0.462 e. The lowest BCUT2D eigenvalue weighted by Gasteiger charge is -2.26. The number of aryl methyl sites for hydroxylation is 4. The van der Waals surface area contributed by atoms with Crippen LogP contribution in [0.25, 0.3) is 0 Å². The molecule has 3 nitrogen and oxygen atoms in total. The minimum atomic E-state index is -3.79. The third kappa shape index (κ3) is 9.24. The van der Waals surface area contributed by atoms with E-state index in [2.05, 4.69) is 65.8 Å². The molecular formula is C38H55O3P. The molecule has 4 heteroatoms. The summed E-state index contributed by atoms with van der Waals surface area (Å²) in [4.78, 5) is 0. The molecule has 42 heavy (non-hydrogen) atoms. The van der Waals surface area contributed by atoms with Crippen LogP contribution in [-0.2, 0) is 43.1 Å². The highest BCUT2D eigenvalue weighted by Gasteiger charge is 2.34. The van der Waals surface area contributed by atoms with Gasteiger partial charge in [-0.05, 0) is 109 Å². The molecule has 0 aromatic heterocycles. The first-order valence-corrected chi connectivity index (χ1v) is 18.3. The van der Waals surface area contributed by atoms with E-state index in [0.717, 1.165) is 101 Å². The van der Waals surface area contributed by atoms with Crippen LogP contribution in [0.5, 0.6) is 11.5 Å². The molecule has 0 amide bonds. The van der Waals surface area contributed by atoms with E-state index in [1.54, 1.807) is 0 Å². The van der Waals surface area contributed by atoms with Crippen molar-refractivity contribution in [1.29, 1.82) is 0 Å². The molecule has 0 saturated carbocycles. The molecule has 0 atom stereocenters. The Balaban J connectivity index is 2.21. The average molecular weight is 591 g/mol. The Morgan fingerprint density at radius 2 is 0.952 bits per heavy atom. The largest absolute Gasteiger partial charge is 0.462 e. The summed E-state index contributed by atoms with van der Waals surface area (Å²) in [6, 6.07) is 18.6. The first-order valence-electron chi connectivity index (χ1n) is 16.8. The van der Waals surface area contributed by atoms with Gasteiger partial charge < -0.3 is 9.05 Å². The number of rotatable bonds is 19. The first-order chi connectivity index (χ1) is 20.4. The molecular weight excluding hydrogens is 535 g/mol. The molecule has 0 fully saturated rings. The van der Waals surface area contributed by atoms with Gasteiger partial charge in [0, 0.05) is 0 Å². The highest BCUT2D eigenvalue weighted by Crippen LogP contribution is 2.50. The van der Waals surface area contributed by atoms with Gasteiger partial charge in [0.1, 0.15) is 11.5 Å². The molecule has 0 unspecified atom stereocenters. The van der Waals surface area contributed by atoms with Crippen molar-refractivity contribution in [3.05, 3.63) is 88.0 Å². The van der Waals surface area contributed by atoms with E-state index in [0.29, 0.717) is 5.30 Å². The molecule has 0 aliphatic heterocycles. The Morgan fingerprint density at radius 1 is 0.524 bits per heavy atom. The van der Waals surface area contributed by atoms with Gasteiger partial charge in [0.05, 0.1) is 5.30 Å². The molecule has 0 N–H and O–H groups in total. The molecule has 3 aromatic carbocycles. The zero-order chi connectivity index (χ0) is 30.4. The summed E-state index contributed by atoms with van der Waals surface area (Å²) in [7, 11) is -3.79. The van der Waals surface area contributed by atoms with Crippen molar-refractivity contribution in [2.75, 3.05) is 0 Å². The lowest BCUT2D eigenvalue weighted by atomic mass is 9.94. The Hall–Kier alpha value is -2.51. The van der Waals surface area contributed by atoms with Crippen LogP contribution in [0, 0.1) is 0 Å². The number of hydrogen-bond acceptors (Lipinski definition) is 3. The minimum Gasteiger partial charge on any atom is -0.412 e. The molecule has 0 aliphatic carbocycles. The summed E-state index contributed by atoms with van der Waals surface area (Å²) >= 11 is 0. The fourth-order valence-electron chi connectivity index (χ4n) is 5.79. The topological polar surface area (TPSA) is 35.5 Å². The van der Waals surface area contributed by atoms with Crippen LogP contribution in [0.15, 0.2) is 54.6 Å². The number of hydrogen-bond donors (Lipinski definition) is 0. The van der Waals surface area contributed by atoms with Gasteiger partial charge in [-0.1, -0.05) is 110 Å². The van der Waals surface area contributed by atoms with E-state index in [1.165, 1.54) is 33.4 Å². The monoisotopic (exact) mass is 590 g/mol. The van der Waals surface area contributed by atoms with Crippen LogP contribution < -0.4 is 14.4 Å². The van der Waals surface area contributed by atoms with Gasteiger partial charge in [-0.3, -0.25) is 0 Å². The first kappa shape index (κ1) is 34.0. The van der Waals surface area contributed by atoms with Crippen molar-refractivity contribution in [3.8, 4) is 11.5 Å². The molecule has 3 rings (SSSR count). The van der Waals surface area contributed by atoms with Gasteiger partial charge in [-0.15, -0.1) is 0 Å². The number of benzene rings is 3. The van der Waals surface area contributed by atoms with E-state index in [-0.39, 0.29) is 0 Å². The molecule has 0 radical (unpaired) electrons. The highest BCUT2D eigenvalue weighted by atomic mass is 31.2. The van der Waals surface area contributed by atoms with E-state index in [1.807, 2.05) is 30.3 Å². The Morgan fingerprint density at radius 3 is 1.33 bits per heavy atom. The molecule has 0 heterocycles. The Labute approximate surface area is 257 Å². The predicted octanol–water partition coefficient (Wildman–Crippen LogP) is 11.2. The van der Waals surface area contributed by atoms with Gasteiger partial charge in [-0.2, -0.15) is 0 Å². The van der Waals surface area contributed by atoms with Crippen molar-refractivity contribution in [1.82, 2.24) is 0 Å². The van der Waals surface area contributed by atoms with E-state index < -0.39 is 7.60 Å². The molecule has 0 saturated heterocycles. The maximum absolute atomic E-state index is 15.2. The summed E-state index contributed by atoms with van der Waals surface area (Å²) in [6.45, 7) is 13.3. The van der Waals surface area contributed by atoms with E-state index in [4.69, 9.17) is 9.05 Å². The predicted molar refractivity (Wildman–Crippen MR) is 181 cm³/mol. The van der Waals surface area contributed by atoms with E-state index >= 15 is 4.57 Å². The van der Waals surface area contributed by atoms with Gasteiger partial charge in [0.25, 0.3) is 0 Å². The van der Waals surface area contributed by atoms with Gasteiger partial charge in [-0.25, -0.2) is 4.57 Å². The smallest absolute Gasteiger partial charge is 0.412 e. The van der Waals surface area contributed by atoms with Crippen LogP contribution in [0.3, 0.4) is 0 Å². The van der Waals surface area contributed by atoms with Gasteiger partial charge in [0.15, 0.2) is 0 Å². The van der Waals surface area contributed by atoms with Crippen LogP contribution in [0.2, 0.25) is 0 Å². The molecule has 0 aliphatic rings. The summed E-state index contributed by atoms with van der Waals surface area (Å²) < 4.78 is 28.8. The fourth-order valence-corrected chi connectivity index (χ4v) is 7.42. The summed E-state index contributed by atoms with van der Waals surface area (Å²) in [5.41, 5.74) is 7.51. The summed E-state index contributed by atoms with van der Waals surface area (Å²) in [6.07, 6.45) is 14.4. The lowest BCUT2D eigenvalue weighted by Crippen LogP contribution is -2.17. The van der Waals surface area contributed by atoms with Crippen LogP contribution in [0.1, 0.15) is 126 Å². The summed E-state index contributed by atoms with van der Waals surface area (Å²) in [5.74, 6) is 1.46. The quantitative estimate of drug-likeness (QED) is 0.130. The minimum absolute atomic E-state index is 0.599. The van der Waals surface area contributed by atoms with Crippen molar-refractivity contribution in [3.63, 3.8) is 0 Å². The zero-order valence-corrected chi connectivity index (χ0v) is 28.2. The third-order valence-electron chi connectivity index (χ3n) is 7.91. The molecule has 3 aromatic rings. The second-order valence-corrected chi connectivity index (χ2v) is 13.6. The van der Waals surface area contributed by atoms with Crippen molar-refractivity contribution in [2.24, 2.45) is 0 Å². The zero-order valence-electron chi connectivity index (χ0n) is 27.3. The van der Waals surface area contributed by atoms with Crippen molar-refractivity contribution < 1.29 is 13.6 Å². The highest BCUT2D eigenvalue weighted by molar-refractivity contribution is 7.63. The second-order valence-electron chi connectivity index (χ2n) is 11.7. The second kappa shape index (κ2) is 17.6. The third-order valence-corrected chi connectivity index (χ3v) is 9.71. The molecule has 230 valence electrons. The van der Waals surface area contributed by atoms with Crippen molar-refractivity contribution >= 4 is 12.9 Å². The Kier molecular flexibility index (Phi) is 14.2. The van der Waals surface area contributed by atoms with Crippen LogP contribution >= 0.6 is 7.60 Å². The molecule has 0 bridgehead atoms. The molecule has 0 spiro atoms. The fraction of sp³-hybridized carbons (Fsp3) is 0.526. The maximum atomic E-state index is 15.2. The normalized spacial score (nSPS) is 11.6. The Bertz CT molecular complexity index is 1200.